The van der Waals surface area contributed by atoms with Crippen molar-refractivity contribution in [2.45, 2.75) is 79.1 Å². The predicted molar refractivity (Wildman–Crippen MR) is 105 cm³/mol. The average molecular weight is 341 g/mol. The number of hydrogen-bond donors (Lipinski definition) is 1. The molecule has 138 valence electrons. The number of aliphatic hydroxyl groups excluding tert-OH is 1. The van der Waals surface area contributed by atoms with Gasteiger partial charge in [0.15, 0.2) is 0 Å². The van der Waals surface area contributed by atoms with Crippen LogP contribution in [0.25, 0.3) is 0 Å². The fourth-order valence-electron chi connectivity index (χ4n) is 7.52. The van der Waals surface area contributed by atoms with Crippen LogP contribution in [-0.2, 0) is 0 Å². The summed E-state index contributed by atoms with van der Waals surface area (Å²) >= 11 is 0. The highest BCUT2D eigenvalue weighted by molar-refractivity contribution is 5.35. The van der Waals surface area contributed by atoms with Crippen LogP contribution in [0.4, 0.5) is 0 Å². The lowest BCUT2D eigenvalue weighted by Gasteiger charge is -2.57. The Morgan fingerprint density at radius 2 is 2.00 bits per heavy atom. The molecule has 0 aromatic rings. The van der Waals surface area contributed by atoms with Gasteiger partial charge in [-0.05, 0) is 98.0 Å². The first-order valence-corrected chi connectivity index (χ1v) is 10.7. The molecule has 2 saturated carbocycles. The smallest absolute Gasteiger partial charge is 0.0925 e. The van der Waals surface area contributed by atoms with Crippen LogP contribution < -0.4 is 0 Å². The van der Waals surface area contributed by atoms with Crippen LogP contribution in [0, 0.1) is 34.5 Å². The summed E-state index contributed by atoms with van der Waals surface area (Å²) in [5.74, 6) is 3.99. The SMILES string of the molecule is CC/C=C(\C)C1CCC2C3CC=C4C=C(O)CCC4(C)C3CCC12C. The molecular weight excluding hydrogens is 304 g/mol. The van der Waals surface area contributed by atoms with Crippen LogP contribution in [0.5, 0.6) is 0 Å². The van der Waals surface area contributed by atoms with Crippen LogP contribution in [-0.4, -0.2) is 5.11 Å². The third-order valence-corrected chi connectivity index (χ3v) is 8.82. The normalized spacial score (nSPS) is 46.6. The molecule has 0 saturated heterocycles. The molecule has 0 radical (unpaired) electrons. The third-order valence-electron chi connectivity index (χ3n) is 8.82. The monoisotopic (exact) mass is 340 g/mol. The molecule has 25 heavy (non-hydrogen) atoms. The number of rotatable bonds is 2. The highest BCUT2D eigenvalue weighted by Gasteiger charge is 2.58. The topological polar surface area (TPSA) is 20.2 Å². The summed E-state index contributed by atoms with van der Waals surface area (Å²) in [4.78, 5) is 0. The minimum atomic E-state index is 0.308. The Labute approximate surface area is 154 Å². The molecule has 6 atom stereocenters. The molecule has 0 heterocycles. The Kier molecular flexibility index (Phi) is 4.21. The first-order chi connectivity index (χ1) is 11.9. The molecule has 0 aromatic carbocycles. The van der Waals surface area contributed by atoms with Gasteiger partial charge >= 0.3 is 0 Å². The Morgan fingerprint density at radius 3 is 2.76 bits per heavy atom. The standard InChI is InChI=1S/C24H36O/c1-5-6-16(2)20-9-10-21-19-8-7-17-15-18(25)11-13-23(17,3)22(19)12-14-24(20,21)4/h6-7,15,19-22,25H,5,8-14H2,1-4H3/b16-6+. The summed E-state index contributed by atoms with van der Waals surface area (Å²) in [5.41, 5.74) is 3.93. The van der Waals surface area contributed by atoms with Gasteiger partial charge < -0.3 is 5.11 Å². The minimum Gasteiger partial charge on any atom is -0.512 e. The van der Waals surface area contributed by atoms with Crippen LogP contribution in [0.15, 0.2) is 35.1 Å². The van der Waals surface area contributed by atoms with Crippen molar-refractivity contribution in [3.8, 4) is 0 Å². The Hall–Kier alpha value is -0.980. The second-order valence-corrected chi connectivity index (χ2v) is 9.86. The largest absolute Gasteiger partial charge is 0.512 e. The summed E-state index contributed by atoms with van der Waals surface area (Å²) in [6, 6.07) is 0. The quantitative estimate of drug-likeness (QED) is 0.538. The van der Waals surface area contributed by atoms with Crippen molar-refractivity contribution in [3.05, 3.63) is 35.1 Å². The first-order valence-electron chi connectivity index (χ1n) is 10.7. The van der Waals surface area contributed by atoms with Gasteiger partial charge in [0, 0.05) is 6.42 Å². The predicted octanol–water partition coefficient (Wildman–Crippen LogP) is 6.97. The Balaban J connectivity index is 1.66. The number of allylic oxidation sites excluding steroid dienone is 6. The second kappa shape index (κ2) is 6.03. The first kappa shape index (κ1) is 17.4. The van der Waals surface area contributed by atoms with E-state index in [1.54, 1.807) is 5.57 Å². The van der Waals surface area contributed by atoms with Crippen LogP contribution >= 0.6 is 0 Å². The number of aliphatic hydroxyl groups is 1. The highest BCUT2D eigenvalue weighted by atomic mass is 16.3. The summed E-state index contributed by atoms with van der Waals surface area (Å²) in [7, 11) is 0. The molecule has 4 aliphatic carbocycles. The van der Waals surface area contributed by atoms with Gasteiger partial charge in [-0.25, -0.2) is 0 Å². The van der Waals surface area contributed by atoms with Crippen LogP contribution in [0.1, 0.15) is 79.1 Å². The molecular formula is C24H36O. The van der Waals surface area contributed by atoms with Crippen molar-refractivity contribution < 1.29 is 5.11 Å². The van der Waals surface area contributed by atoms with Crippen LogP contribution in [0.2, 0.25) is 0 Å². The molecule has 2 fully saturated rings. The van der Waals surface area contributed by atoms with E-state index in [1.807, 2.05) is 0 Å². The van der Waals surface area contributed by atoms with E-state index in [1.165, 1.54) is 44.1 Å². The number of hydrogen-bond acceptors (Lipinski definition) is 1. The molecule has 1 heteroatoms. The lowest BCUT2D eigenvalue weighted by atomic mass is 9.48. The molecule has 1 N–H and O–H groups in total. The van der Waals surface area contributed by atoms with E-state index in [4.69, 9.17) is 0 Å². The zero-order valence-corrected chi connectivity index (χ0v) is 16.6. The summed E-state index contributed by atoms with van der Waals surface area (Å²) in [6.07, 6.45) is 17.1. The van der Waals surface area contributed by atoms with Crippen molar-refractivity contribution in [2.24, 2.45) is 34.5 Å². The summed E-state index contributed by atoms with van der Waals surface area (Å²) in [5, 5.41) is 10.0. The van der Waals surface area contributed by atoms with Crippen molar-refractivity contribution in [1.82, 2.24) is 0 Å². The van der Waals surface area contributed by atoms with E-state index in [-0.39, 0.29) is 0 Å². The number of fused-ring (bicyclic) bond motifs is 5. The molecule has 4 rings (SSSR count). The Morgan fingerprint density at radius 1 is 1.20 bits per heavy atom. The van der Waals surface area contributed by atoms with Crippen molar-refractivity contribution >= 4 is 0 Å². The molecule has 6 unspecified atom stereocenters. The fraction of sp³-hybridized carbons (Fsp3) is 0.750. The second-order valence-electron chi connectivity index (χ2n) is 9.86. The minimum absolute atomic E-state index is 0.308. The van der Waals surface area contributed by atoms with Gasteiger partial charge in [-0.1, -0.05) is 38.5 Å². The van der Waals surface area contributed by atoms with Crippen LogP contribution in [0.3, 0.4) is 0 Å². The van der Waals surface area contributed by atoms with Crippen molar-refractivity contribution in [2.75, 3.05) is 0 Å². The summed E-state index contributed by atoms with van der Waals surface area (Å²) < 4.78 is 0. The maximum absolute atomic E-state index is 10.0. The molecule has 0 bridgehead atoms. The summed E-state index contributed by atoms with van der Waals surface area (Å²) in [6.45, 7) is 9.78. The van der Waals surface area contributed by atoms with Gasteiger partial charge in [-0.2, -0.15) is 0 Å². The average Bonchev–Trinajstić information content (AvgIpc) is 2.93. The van der Waals surface area contributed by atoms with E-state index in [0.29, 0.717) is 16.6 Å². The zero-order chi connectivity index (χ0) is 17.8. The van der Waals surface area contributed by atoms with Gasteiger partial charge in [0.2, 0.25) is 0 Å². The van der Waals surface area contributed by atoms with Gasteiger partial charge in [-0.3, -0.25) is 0 Å². The van der Waals surface area contributed by atoms with Gasteiger partial charge in [0.25, 0.3) is 0 Å². The molecule has 0 amide bonds. The lowest BCUT2D eigenvalue weighted by Crippen LogP contribution is -2.49. The molecule has 0 aromatic heterocycles. The van der Waals surface area contributed by atoms with Crippen molar-refractivity contribution in [3.63, 3.8) is 0 Å². The van der Waals surface area contributed by atoms with Gasteiger partial charge in [0.05, 0.1) is 5.76 Å². The van der Waals surface area contributed by atoms with Gasteiger partial charge in [0.1, 0.15) is 0 Å². The Bertz CT molecular complexity index is 638. The molecule has 1 nitrogen and oxygen atoms in total. The maximum Gasteiger partial charge on any atom is 0.0925 e. The fourth-order valence-corrected chi connectivity index (χ4v) is 7.52. The molecule has 0 aliphatic heterocycles. The zero-order valence-electron chi connectivity index (χ0n) is 16.6. The van der Waals surface area contributed by atoms with Gasteiger partial charge in [-0.15, -0.1) is 0 Å². The highest BCUT2D eigenvalue weighted by Crippen LogP contribution is 2.66. The molecule has 0 spiro atoms. The van der Waals surface area contributed by atoms with E-state index in [9.17, 15) is 5.11 Å². The lowest BCUT2D eigenvalue weighted by molar-refractivity contribution is -0.0315. The van der Waals surface area contributed by atoms with Crippen molar-refractivity contribution in [1.29, 1.82) is 0 Å². The molecule has 4 aliphatic rings. The third kappa shape index (κ3) is 2.48. The van der Waals surface area contributed by atoms with E-state index in [0.717, 1.165) is 36.5 Å². The van der Waals surface area contributed by atoms with E-state index >= 15 is 0 Å². The maximum atomic E-state index is 10.0. The van der Waals surface area contributed by atoms with E-state index in [2.05, 4.69) is 45.9 Å². The van der Waals surface area contributed by atoms with E-state index < -0.39 is 0 Å².